The Kier molecular flexibility index (Phi) is 5.61. The number of hydrogen-bond donors (Lipinski definition) is 2. The van der Waals surface area contributed by atoms with Gasteiger partial charge in [-0.1, -0.05) is 60.6 Å². The zero-order valence-corrected chi connectivity index (χ0v) is 18.6. The van der Waals surface area contributed by atoms with Gasteiger partial charge >= 0.3 is 0 Å². The highest BCUT2D eigenvalue weighted by Gasteiger charge is 2.42. The van der Waals surface area contributed by atoms with Crippen LogP contribution < -0.4 is 11.2 Å². The molecule has 1 amide bonds. The van der Waals surface area contributed by atoms with E-state index in [0.717, 1.165) is 17.4 Å². The predicted octanol–water partition coefficient (Wildman–Crippen LogP) is 3.77. The third-order valence-electron chi connectivity index (χ3n) is 7.12. The molecule has 0 spiro atoms. The van der Waals surface area contributed by atoms with Crippen LogP contribution in [0.15, 0.2) is 47.6 Å². The van der Waals surface area contributed by atoms with E-state index >= 15 is 0 Å². The fourth-order valence-corrected chi connectivity index (χ4v) is 6.27. The topological polar surface area (TPSA) is 85.8 Å². The number of carbonyl (C=O) groups excluding carboxylic acids is 1. The Balaban J connectivity index is 1.19. The minimum absolute atomic E-state index is 0.0406. The molecule has 0 saturated heterocycles. The molecular weight excluding hydrogens is 406 g/mol. The summed E-state index contributed by atoms with van der Waals surface area (Å²) >= 11 is 1.34. The number of aromatic nitrogens is 3. The summed E-state index contributed by atoms with van der Waals surface area (Å²) in [6, 6.07) is 14.8. The van der Waals surface area contributed by atoms with Crippen molar-refractivity contribution in [1.29, 1.82) is 0 Å². The van der Waals surface area contributed by atoms with Gasteiger partial charge in [-0.05, 0) is 60.3 Å². The summed E-state index contributed by atoms with van der Waals surface area (Å²) in [6.07, 6.45) is 5.94. The lowest BCUT2D eigenvalue weighted by atomic mass is 9.84. The lowest BCUT2D eigenvalue weighted by Crippen LogP contribution is -2.41. The van der Waals surface area contributed by atoms with E-state index < -0.39 is 0 Å². The van der Waals surface area contributed by atoms with Crippen molar-refractivity contribution in [3.05, 3.63) is 53.9 Å². The number of rotatable bonds is 7. The van der Waals surface area contributed by atoms with Gasteiger partial charge in [0.2, 0.25) is 11.1 Å². The summed E-state index contributed by atoms with van der Waals surface area (Å²) in [5, 5.41) is 14.7. The third-order valence-corrected chi connectivity index (χ3v) is 8.06. The second kappa shape index (κ2) is 8.54. The number of hydrogen-bond acceptors (Lipinski definition) is 5. The van der Waals surface area contributed by atoms with Gasteiger partial charge in [-0.25, -0.2) is 4.68 Å². The molecule has 1 aromatic heterocycles. The van der Waals surface area contributed by atoms with Crippen LogP contribution in [0.3, 0.4) is 0 Å². The Morgan fingerprint density at radius 2 is 2.03 bits per heavy atom. The van der Waals surface area contributed by atoms with E-state index in [9.17, 15) is 4.79 Å². The van der Waals surface area contributed by atoms with Crippen molar-refractivity contribution in [2.75, 3.05) is 11.6 Å². The second-order valence-electron chi connectivity index (χ2n) is 9.07. The highest BCUT2D eigenvalue weighted by Crippen LogP contribution is 2.49. The van der Waals surface area contributed by atoms with Crippen LogP contribution in [0.4, 0.5) is 0 Å². The number of carbonyl (C=O) groups is 1. The first-order chi connectivity index (χ1) is 15.1. The summed E-state index contributed by atoms with van der Waals surface area (Å²) < 4.78 is 1.51. The van der Waals surface area contributed by atoms with Crippen molar-refractivity contribution in [3.8, 4) is 0 Å². The van der Waals surface area contributed by atoms with Crippen LogP contribution in [-0.4, -0.2) is 32.6 Å². The minimum atomic E-state index is 0.0406. The number of nitrogens with zero attached hydrogens (tertiary/aromatic N) is 3. The number of amides is 1. The average Bonchev–Trinajstić information content (AvgIpc) is 3.50. The molecule has 4 atom stereocenters. The first-order valence-electron chi connectivity index (χ1n) is 11.2. The number of thioether (sulfide) groups is 1. The van der Waals surface area contributed by atoms with Crippen LogP contribution in [0.1, 0.15) is 44.0 Å². The Morgan fingerprint density at radius 1 is 1.19 bits per heavy atom. The maximum absolute atomic E-state index is 12.5. The first kappa shape index (κ1) is 20.4. The molecule has 2 aliphatic carbocycles. The quantitative estimate of drug-likeness (QED) is 0.436. The Hall–Kier alpha value is -2.54. The maximum atomic E-state index is 12.5. The summed E-state index contributed by atoms with van der Waals surface area (Å²) in [4.78, 5) is 12.5. The van der Waals surface area contributed by atoms with Crippen LogP contribution in [0.5, 0.6) is 0 Å². The summed E-state index contributed by atoms with van der Waals surface area (Å²) in [5.41, 5.74) is 1.16. The van der Waals surface area contributed by atoms with Gasteiger partial charge in [0.25, 0.3) is 0 Å². The lowest BCUT2D eigenvalue weighted by molar-refractivity contribution is -0.119. The van der Waals surface area contributed by atoms with Crippen molar-refractivity contribution in [1.82, 2.24) is 20.2 Å². The van der Waals surface area contributed by atoms with E-state index in [2.05, 4.69) is 46.7 Å². The van der Waals surface area contributed by atoms with Crippen molar-refractivity contribution in [2.45, 2.75) is 50.2 Å². The lowest BCUT2D eigenvalue weighted by Gasteiger charge is -2.28. The normalized spacial score (nSPS) is 23.3. The number of nitrogen functional groups attached to an aromatic ring is 1. The van der Waals surface area contributed by atoms with Crippen LogP contribution in [-0.2, 0) is 11.2 Å². The minimum Gasteiger partial charge on any atom is -0.353 e. The van der Waals surface area contributed by atoms with Gasteiger partial charge in [0, 0.05) is 12.5 Å². The van der Waals surface area contributed by atoms with Gasteiger partial charge in [0.15, 0.2) is 5.82 Å². The molecule has 5 rings (SSSR count). The molecule has 2 saturated carbocycles. The van der Waals surface area contributed by atoms with Gasteiger partial charge in [-0.15, -0.1) is 10.2 Å². The summed E-state index contributed by atoms with van der Waals surface area (Å²) in [5.74, 6) is 9.62. The molecule has 2 bridgehead atoms. The maximum Gasteiger partial charge on any atom is 0.230 e. The van der Waals surface area contributed by atoms with E-state index in [-0.39, 0.29) is 11.9 Å². The molecule has 1 heterocycles. The molecule has 2 fully saturated rings. The van der Waals surface area contributed by atoms with Crippen molar-refractivity contribution >= 4 is 28.4 Å². The fraction of sp³-hybridized carbons (Fsp3) is 0.458. The zero-order valence-electron chi connectivity index (χ0n) is 17.8. The van der Waals surface area contributed by atoms with Crippen molar-refractivity contribution in [2.24, 2.45) is 17.8 Å². The predicted molar refractivity (Wildman–Crippen MR) is 124 cm³/mol. The van der Waals surface area contributed by atoms with Gasteiger partial charge < -0.3 is 11.2 Å². The molecule has 3 aromatic rings. The smallest absolute Gasteiger partial charge is 0.230 e. The van der Waals surface area contributed by atoms with Crippen molar-refractivity contribution < 1.29 is 4.79 Å². The molecule has 0 radical (unpaired) electrons. The third kappa shape index (κ3) is 4.15. The highest BCUT2D eigenvalue weighted by atomic mass is 32.2. The van der Waals surface area contributed by atoms with Gasteiger partial charge in [-0.3, -0.25) is 4.79 Å². The molecule has 0 unspecified atom stereocenters. The van der Waals surface area contributed by atoms with E-state index in [0.29, 0.717) is 29.1 Å². The van der Waals surface area contributed by atoms with E-state index in [1.165, 1.54) is 52.9 Å². The van der Waals surface area contributed by atoms with Crippen LogP contribution in [0, 0.1) is 17.8 Å². The molecule has 31 heavy (non-hydrogen) atoms. The number of fused-ring (bicyclic) bond motifs is 3. The average molecular weight is 436 g/mol. The summed E-state index contributed by atoms with van der Waals surface area (Å²) in [6.45, 7) is 2.15. The number of nitrogens with one attached hydrogen (secondary N) is 1. The molecule has 0 aliphatic heterocycles. The molecule has 3 N–H and O–H groups in total. The van der Waals surface area contributed by atoms with Crippen LogP contribution >= 0.6 is 11.8 Å². The van der Waals surface area contributed by atoms with Crippen LogP contribution in [0.25, 0.3) is 10.8 Å². The number of benzene rings is 2. The van der Waals surface area contributed by atoms with E-state index in [1.807, 2.05) is 18.2 Å². The van der Waals surface area contributed by atoms with E-state index in [1.54, 1.807) is 0 Å². The van der Waals surface area contributed by atoms with Crippen molar-refractivity contribution in [3.63, 3.8) is 0 Å². The molecule has 2 aromatic carbocycles. The Morgan fingerprint density at radius 3 is 2.84 bits per heavy atom. The van der Waals surface area contributed by atoms with Gasteiger partial charge in [0.1, 0.15) is 0 Å². The first-order valence-corrected chi connectivity index (χ1v) is 12.1. The monoisotopic (exact) mass is 435 g/mol. The zero-order chi connectivity index (χ0) is 21.4. The molecular formula is C24H29N5OS. The van der Waals surface area contributed by atoms with Gasteiger partial charge in [-0.2, -0.15) is 0 Å². The molecule has 7 heteroatoms. The standard InChI is InChI=1S/C24H29N5OS/c1-15(21-12-16-9-10-19(21)11-16)26-23(30)14-31-24-28-27-22(29(24)25)13-18-7-4-6-17-5-2-3-8-20(17)18/h2-8,15-16,19,21H,9-14,25H2,1H3,(H,26,30)/t15-,16-,19-,21-/m1/s1. The second-order valence-corrected chi connectivity index (χ2v) is 10.0. The van der Waals surface area contributed by atoms with E-state index in [4.69, 9.17) is 5.84 Å². The summed E-state index contributed by atoms with van der Waals surface area (Å²) in [7, 11) is 0. The Bertz CT molecular complexity index is 1090. The Labute approximate surface area is 187 Å². The SMILES string of the molecule is C[C@@H](NC(=O)CSc1nnc(Cc2cccc3ccccc23)n1N)[C@H]1C[C@@H]2CC[C@@H]1C2. The molecule has 2 aliphatic rings. The highest BCUT2D eigenvalue weighted by molar-refractivity contribution is 7.99. The van der Waals surface area contributed by atoms with Gasteiger partial charge in [0.05, 0.1) is 5.75 Å². The molecule has 162 valence electrons. The molecule has 6 nitrogen and oxygen atoms in total. The number of nitrogens with two attached hydrogens (primary N) is 1. The largest absolute Gasteiger partial charge is 0.353 e. The fourth-order valence-electron chi connectivity index (χ4n) is 5.58. The van der Waals surface area contributed by atoms with Crippen LogP contribution in [0.2, 0.25) is 0 Å².